The highest BCUT2D eigenvalue weighted by Crippen LogP contribution is 2.32. The number of benzene rings is 1. The number of rotatable bonds is 2. The molecule has 0 atom stereocenters. The summed E-state index contributed by atoms with van der Waals surface area (Å²) in [4.78, 5) is 10.2. The first kappa shape index (κ1) is 10.1. The van der Waals surface area contributed by atoms with Crippen molar-refractivity contribution in [3.8, 4) is 5.75 Å². The fourth-order valence-corrected chi connectivity index (χ4v) is 1.64. The maximum atomic E-state index is 13.0. The van der Waals surface area contributed by atoms with Crippen LogP contribution in [0.4, 0.5) is 8.78 Å². The molecule has 0 unspecified atom stereocenters. The fraction of sp³-hybridized carbons (Fsp3) is 0.364. The average molecular weight is 212 g/mol. The number of alkyl halides is 2. The van der Waals surface area contributed by atoms with Gasteiger partial charge in [0.2, 0.25) is 0 Å². The van der Waals surface area contributed by atoms with Gasteiger partial charge < -0.3 is 4.74 Å². The standard InChI is InChI=1S/C11H10F2O2/c12-11(13,7-14)9-3-4-10-8(6-9)2-1-5-15-10/h3-4,6-7H,1-2,5H2. The van der Waals surface area contributed by atoms with Crippen LogP contribution >= 0.6 is 0 Å². The zero-order valence-electron chi connectivity index (χ0n) is 8.00. The Bertz CT molecular complexity index is 388. The van der Waals surface area contributed by atoms with Gasteiger partial charge in [0.05, 0.1) is 6.61 Å². The predicted octanol–water partition coefficient (Wildman–Crippen LogP) is 2.30. The van der Waals surface area contributed by atoms with E-state index in [1.807, 2.05) is 0 Å². The highest BCUT2D eigenvalue weighted by atomic mass is 19.3. The molecule has 0 N–H and O–H groups in total. The van der Waals surface area contributed by atoms with Crippen LogP contribution in [0.15, 0.2) is 18.2 Å². The fourth-order valence-electron chi connectivity index (χ4n) is 1.64. The number of halogens is 2. The van der Waals surface area contributed by atoms with Crippen molar-refractivity contribution in [1.82, 2.24) is 0 Å². The smallest absolute Gasteiger partial charge is 0.327 e. The van der Waals surface area contributed by atoms with E-state index >= 15 is 0 Å². The second-order valence-electron chi connectivity index (χ2n) is 3.52. The van der Waals surface area contributed by atoms with Crippen molar-refractivity contribution in [1.29, 1.82) is 0 Å². The SMILES string of the molecule is O=CC(F)(F)c1ccc2c(c1)CCCO2. The summed E-state index contributed by atoms with van der Waals surface area (Å²) in [6.45, 7) is 0.621. The normalized spacial score (nSPS) is 15.3. The molecule has 1 aromatic carbocycles. The van der Waals surface area contributed by atoms with Gasteiger partial charge in [-0.05, 0) is 36.6 Å². The lowest BCUT2D eigenvalue weighted by atomic mass is 10.0. The molecular formula is C11H10F2O2. The van der Waals surface area contributed by atoms with Crippen LogP contribution in [-0.2, 0) is 17.1 Å². The highest BCUT2D eigenvalue weighted by Gasteiger charge is 2.31. The maximum Gasteiger partial charge on any atom is 0.327 e. The third-order valence-corrected chi connectivity index (χ3v) is 2.44. The van der Waals surface area contributed by atoms with E-state index in [4.69, 9.17) is 4.74 Å². The Hall–Kier alpha value is -1.45. The van der Waals surface area contributed by atoms with Crippen LogP contribution in [0.3, 0.4) is 0 Å². The van der Waals surface area contributed by atoms with Crippen molar-refractivity contribution in [2.24, 2.45) is 0 Å². The molecule has 0 amide bonds. The number of ether oxygens (including phenoxy) is 1. The van der Waals surface area contributed by atoms with Crippen molar-refractivity contribution in [3.05, 3.63) is 29.3 Å². The van der Waals surface area contributed by atoms with Gasteiger partial charge in [-0.3, -0.25) is 4.79 Å². The van der Waals surface area contributed by atoms with Gasteiger partial charge in [-0.25, -0.2) is 0 Å². The molecular weight excluding hydrogens is 202 g/mol. The monoisotopic (exact) mass is 212 g/mol. The van der Waals surface area contributed by atoms with Gasteiger partial charge in [0, 0.05) is 5.56 Å². The second kappa shape index (κ2) is 3.61. The summed E-state index contributed by atoms with van der Waals surface area (Å²) in [5, 5.41) is 0. The van der Waals surface area contributed by atoms with Crippen LogP contribution in [0.1, 0.15) is 17.5 Å². The number of carbonyl (C=O) groups excluding carboxylic acids is 1. The van der Waals surface area contributed by atoms with Crippen LogP contribution in [0.2, 0.25) is 0 Å². The first-order valence-electron chi connectivity index (χ1n) is 4.74. The summed E-state index contributed by atoms with van der Waals surface area (Å²) in [5.74, 6) is -2.75. The number of hydrogen-bond acceptors (Lipinski definition) is 2. The van der Waals surface area contributed by atoms with Crippen molar-refractivity contribution >= 4 is 6.29 Å². The Morgan fingerprint density at radius 2 is 2.20 bits per heavy atom. The topological polar surface area (TPSA) is 26.3 Å². The summed E-state index contributed by atoms with van der Waals surface area (Å²) >= 11 is 0. The Kier molecular flexibility index (Phi) is 2.42. The molecule has 0 saturated heterocycles. The molecule has 4 heteroatoms. The molecule has 0 bridgehead atoms. The van der Waals surface area contributed by atoms with Gasteiger partial charge >= 0.3 is 5.92 Å². The summed E-state index contributed by atoms with van der Waals surface area (Å²) in [7, 11) is 0. The van der Waals surface area contributed by atoms with Crippen LogP contribution in [0.25, 0.3) is 0 Å². The molecule has 0 saturated carbocycles. The van der Waals surface area contributed by atoms with Crippen LogP contribution in [0, 0.1) is 0 Å². The zero-order valence-corrected chi connectivity index (χ0v) is 8.00. The van der Waals surface area contributed by atoms with Gasteiger partial charge in [0.15, 0.2) is 6.29 Å². The van der Waals surface area contributed by atoms with Crippen molar-refractivity contribution in [2.45, 2.75) is 18.8 Å². The summed E-state index contributed by atoms with van der Waals surface area (Å²) in [6, 6.07) is 4.09. The largest absolute Gasteiger partial charge is 0.493 e. The number of aldehydes is 1. The quantitative estimate of drug-likeness (QED) is 0.703. The lowest BCUT2D eigenvalue weighted by Crippen LogP contribution is -2.16. The Balaban J connectivity index is 2.40. The summed E-state index contributed by atoms with van der Waals surface area (Å²) < 4.78 is 31.4. The molecule has 0 spiro atoms. The van der Waals surface area contributed by atoms with Crippen molar-refractivity contribution < 1.29 is 18.3 Å². The lowest BCUT2D eigenvalue weighted by molar-refractivity contribution is -0.130. The van der Waals surface area contributed by atoms with Crippen LogP contribution in [-0.4, -0.2) is 12.9 Å². The first-order valence-corrected chi connectivity index (χ1v) is 4.74. The van der Waals surface area contributed by atoms with Crippen molar-refractivity contribution in [2.75, 3.05) is 6.61 Å². The second-order valence-corrected chi connectivity index (χ2v) is 3.52. The Labute approximate surface area is 85.9 Å². The van der Waals surface area contributed by atoms with E-state index in [2.05, 4.69) is 0 Å². The molecule has 0 radical (unpaired) electrons. The molecule has 0 fully saturated rings. The molecule has 1 heterocycles. The Morgan fingerprint density at radius 1 is 1.40 bits per heavy atom. The molecule has 0 aliphatic carbocycles. The highest BCUT2D eigenvalue weighted by molar-refractivity contribution is 5.64. The van der Waals surface area contributed by atoms with E-state index in [1.165, 1.54) is 18.2 Å². The van der Waals surface area contributed by atoms with E-state index in [0.717, 1.165) is 18.4 Å². The number of carbonyl (C=O) groups is 1. The minimum atomic E-state index is -3.40. The molecule has 1 aliphatic heterocycles. The predicted molar refractivity (Wildman–Crippen MR) is 50.2 cm³/mol. The minimum Gasteiger partial charge on any atom is -0.493 e. The van der Waals surface area contributed by atoms with E-state index in [9.17, 15) is 13.6 Å². The summed E-state index contributed by atoms with van der Waals surface area (Å²) in [5.41, 5.74) is 0.488. The molecule has 0 aromatic heterocycles. The van der Waals surface area contributed by atoms with E-state index in [-0.39, 0.29) is 11.8 Å². The van der Waals surface area contributed by atoms with Gasteiger partial charge in [0.25, 0.3) is 0 Å². The number of aryl methyl sites for hydroxylation is 1. The molecule has 2 rings (SSSR count). The maximum absolute atomic E-state index is 13.0. The molecule has 1 aromatic rings. The van der Waals surface area contributed by atoms with Crippen molar-refractivity contribution in [3.63, 3.8) is 0 Å². The molecule has 15 heavy (non-hydrogen) atoms. The average Bonchev–Trinajstić information content (AvgIpc) is 2.28. The van der Waals surface area contributed by atoms with E-state index in [1.54, 1.807) is 0 Å². The van der Waals surface area contributed by atoms with Gasteiger partial charge in [-0.15, -0.1) is 0 Å². The third kappa shape index (κ3) is 1.84. The third-order valence-electron chi connectivity index (χ3n) is 2.44. The van der Waals surface area contributed by atoms with Gasteiger partial charge in [-0.2, -0.15) is 8.78 Å². The van der Waals surface area contributed by atoms with Crippen LogP contribution in [0.5, 0.6) is 5.75 Å². The lowest BCUT2D eigenvalue weighted by Gasteiger charge is -2.19. The molecule has 2 nitrogen and oxygen atoms in total. The number of fused-ring (bicyclic) bond motifs is 1. The number of hydrogen-bond donors (Lipinski definition) is 0. The van der Waals surface area contributed by atoms with Gasteiger partial charge in [-0.1, -0.05) is 0 Å². The minimum absolute atomic E-state index is 0.262. The van der Waals surface area contributed by atoms with Crippen LogP contribution < -0.4 is 4.74 Å². The summed E-state index contributed by atoms with van der Waals surface area (Å²) in [6.07, 6.45) is 1.21. The molecule has 1 aliphatic rings. The zero-order chi connectivity index (χ0) is 10.9. The van der Waals surface area contributed by atoms with Gasteiger partial charge in [0.1, 0.15) is 5.75 Å². The first-order chi connectivity index (χ1) is 7.13. The molecule has 80 valence electrons. The van der Waals surface area contributed by atoms with E-state index in [0.29, 0.717) is 12.4 Å². The van der Waals surface area contributed by atoms with E-state index < -0.39 is 5.92 Å². The Morgan fingerprint density at radius 3 is 2.93 bits per heavy atom.